The summed E-state index contributed by atoms with van der Waals surface area (Å²) in [7, 11) is -6.39. The Kier molecular flexibility index (Phi) is 24.9. The first kappa shape index (κ1) is 64.0. The van der Waals surface area contributed by atoms with E-state index in [0.717, 1.165) is 47.3 Å². The number of carbonyl (C=O) groups is 1. The first-order chi connectivity index (χ1) is 39.8. The van der Waals surface area contributed by atoms with Gasteiger partial charge in [0.2, 0.25) is 0 Å². The Morgan fingerprint density at radius 1 is 0.537 bits per heavy atom. The maximum absolute atomic E-state index is 14.8. The maximum atomic E-state index is 14.8. The number of ether oxygens (including phenoxy) is 8. The third-order valence-electron chi connectivity index (χ3n) is 16.1. The van der Waals surface area contributed by atoms with E-state index >= 15 is 0 Å². The van der Waals surface area contributed by atoms with Gasteiger partial charge in [0.15, 0.2) is 12.4 Å². The van der Waals surface area contributed by atoms with Crippen LogP contribution >= 0.6 is 11.8 Å². The zero-order chi connectivity index (χ0) is 57.9. The van der Waals surface area contributed by atoms with Gasteiger partial charge in [-0.15, -0.1) is 11.8 Å². The Morgan fingerprint density at radius 2 is 1.01 bits per heavy atom. The zero-order valence-electron chi connectivity index (χ0n) is 50.0. The van der Waals surface area contributed by atoms with Gasteiger partial charge in [-0.1, -0.05) is 234 Å². The van der Waals surface area contributed by atoms with Gasteiger partial charge in [0.1, 0.15) is 48.2 Å². The molecule has 0 spiro atoms. The summed E-state index contributed by atoms with van der Waals surface area (Å²) in [5.74, 6) is 0.275. The van der Waals surface area contributed by atoms with E-state index in [0.29, 0.717) is 12.2 Å². The third-order valence-corrected chi connectivity index (χ3v) is 27.6. The molecule has 0 saturated carbocycles. The van der Waals surface area contributed by atoms with Crippen LogP contribution in [0.3, 0.4) is 0 Å². The molecule has 0 bridgehead atoms. The van der Waals surface area contributed by atoms with E-state index < -0.39 is 83.6 Å². The molecule has 5 aromatic carbocycles. The minimum absolute atomic E-state index is 0.0256. The van der Waals surface area contributed by atoms with Gasteiger partial charge < -0.3 is 50.9 Å². The molecule has 3 aliphatic rings. The Morgan fingerprint density at radius 3 is 1.54 bits per heavy atom. The molecule has 5 aromatic rings. The Hall–Kier alpha value is -4.05. The normalized spacial score (nSPS) is 25.4. The molecule has 82 heavy (non-hydrogen) atoms. The number of esters is 1. The van der Waals surface area contributed by atoms with Crippen LogP contribution in [-0.4, -0.2) is 103 Å². The van der Waals surface area contributed by atoms with Crippen LogP contribution in [0.15, 0.2) is 152 Å². The SMILES string of the molecule is CCCCCCCCS[C@H]1O[C@@H]2CO[Si](C(C)C)(C(C)C)O[Si](C(C)C)(C(C)C)O[C@H]2[C@H](O[C@H]2O[C@H](COCc3ccccc3)[C@H](OCc3ccccc3)[C@H](OCc3ccccc3)[C@H]2OCc2ccccc2)[C@@H]1OC(=O)c1ccccc1. The molecule has 0 radical (unpaired) electrons. The van der Waals surface area contributed by atoms with Gasteiger partial charge in [-0.2, -0.15) is 0 Å². The van der Waals surface area contributed by atoms with Crippen LogP contribution in [0.4, 0.5) is 0 Å². The summed E-state index contributed by atoms with van der Waals surface area (Å²) >= 11 is 1.66. The molecule has 3 heterocycles. The van der Waals surface area contributed by atoms with Gasteiger partial charge in [0, 0.05) is 0 Å². The second-order valence-electron chi connectivity index (χ2n) is 23.4. The highest BCUT2D eigenvalue weighted by molar-refractivity contribution is 7.99. The van der Waals surface area contributed by atoms with Crippen molar-refractivity contribution in [2.24, 2.45) is 0 Å². The molecule has 3 fully saturated rings. The predicted octanol–water partition coefficient (Wildman–Crippen LogP) is 15.1. The predicted molar refractivity (Wildman–Crippen MR) is 329 cm³/mol. The van der Waals surface area contributed by atoms with E-state index in [9.17, 15) is 4.79 Å². The third kappa shape index (κ3) is 16.9. The van der Waals surface area contributed by atoms with Crippen molar-refractivity contribution < 1.29 is 55.7 Å². The van der Waals surface area contributed by atoms with Crippen molar-refractivity contribution in [2.45, 2.75) is 210 Å². The smallest absolute Gasteiger partial charge is 0.338 e. The Bertz CT molecular complexity index is 2570. The molecule has 8 rings (SSSR count). The zero-order valence-corrected chi connectivity index (χ0v) is 52.8. The quantitative estimate of drug-likeness (QED) is 0.0257. The molecule has 0 N–H and O–H groups in total. The molecular formula is C67H92O12SSi2. The van der Waals surface area contributed by atoms with Crippen LogP contribution in [0.1, 0.15) is 133 Å². The number of hydrogen-bond donors (Lipinski definition) is 0. The summed E-state index contributed by atoms with van der Waals surface area (Å²) in [6.45, 7) is 21.3. The fraction of sp³-hybridized carbons (Fsp3) is 0.537. The van der Waals surface area contributed by atoms with Crippen molar-refractivity contribution in [3.8, 4) is 0 Å². The largest absolute Gasteiger partial charge is 0.452 e. The summed E-state index contributed by atoms with van der Waals surface area (Å²) in [6.07, 6.45) is -1.06. The monoisotopic (exact) mass is 1180 g/mol. The second-order valence-corrected chi connectivity index (χ2v) is 33.5. The first-order valence-corrected chi connectivity index (χ1v) is 35.2. The topological polar surface area (TPSA) is 119 Å². The minimum atomic E-state index is -3.36. The fourth-order valence-electron chi connectivity index (χ4n) is 11.6. The molecular weight excluding hydrogens is 1080 g/mol. The first-order valence-electron chi connectivity index (χ1n) is 30.3. The molecule has 15 heteroatoms. The molecule has 0 aliphatic carbocycles. The lowest BCUT2D eigenvalue weighted by molar-refractivity contribution is -0.354. The van der Waals surface area contributed by atoms with E-state index in [1.807, 2.05) is 127 Å². The van der Waals surface area contributed by atoms with E-state index in [-0.39, 0.29) is 55.2 Å². The summed E-state index contributed by atoms with van der Waals surface area (Å²) in [5.41, 5.74) is 3.83. The van der Waals surface area contributed by atoms with Gasteiger partial charge in [0.05, 0.1) is 45.2 Å². The van der Waals surface area contributed by atoms with Crippen molar-refractivity contribution in [3.05, 3.63) is 179 Å². The number of carbonyl (C=O) groups excluding carboxylic acids is 1. The van der Waals surface area contributed by atoms with Gasteiger partial charge in [-0.3, -0.25) is 0 Å². The van der Waals surface area contributed by atoms with Crippen LogP contribution in [0.5, 0.6) is 0 Å². The highest BCUT2D eigenvalue weighted by Crippen LogP contribution is 2.49. The van der Waals surface area contributed by atoms with Crippen molar-refractivity contribution in [3.63, 3.8) is 0 Å². The number of thioether (sulfide) groups is 1. The molecule has 0 aromatic heterocycles. The average molecular weight is 1180 g/mol. The maximum Gasteiger partial charge on any atom is 0.338 e. The summed E-state index contributed by atoms with van der Waals surface area (Å²) in [4.78, 5) is 14.8. The van der Waals surface area contributed by atoms with E-state index in [2.05, 4.69) is 74.4 Å². The highest BCUT2D eigenvalue weighted by Gasteiger charge is 2.63. The number of rotatable bonds is 29. The van der Waals surface area contributed by atoms with E-state index in [4.69, 9.17) is 50.9 Å². The molecule has 446 valence electrons. The van der Waals surface area contributed by atoms with Crippen LogP contribution in [0.2, 0.25) is 22.2 Å². The fourth-order valence-corrected chi connectivity index (χ4v) is 24.0. The van der Waals surface area contributed by atoms with Crippen molar-refractivity contribution >= 4 is 34.9 Å². The van der Waals surface area contributed by atoms with Crippen LogP contribution in [-0.2, 0) is 77.3 Å². The average Bonchev–Trinajstić information content (AvgIpc) is 3.48. The molecule has 3 saturated heterocycles. The van der Waals surface area contributed by atoms with Crippen molar-refractivity contribution in [1.29, 1.82) is 0 Å². The lowest BCUT2D eigenvalue weighted by Gasteiger charge is -2.56. The Labute approximate surface area is 496 Å². The van der Waals surface area contributed by atoms with Crippen molar-refractivity contribution in [2.75, 3.05) is 19.0 Å². The number of benzene rings is 5. The number of unbranched alkanes of at least 4 members (excludes halogenated alkanes) is 5. The van der Waals surface area contributed by atoms with Crippen LogP contribution in [0, 0.1) is 0 Å². The van der Waals surface area contributed by atoms with E-state index in [1.165, 1.54) is 19.3 Å². The molecule has 0 unspecified atom stereocenters. The summed E-state index contributed by atoms with van der Waals surface area (Å²) in [5, 5.41) is 0. The van der Waals surface area contributed by atoms with Crippen molar-refractivity contribution in [1.82, 2.24) is 0 Å². The minimum Gasteiger partial charge on any atom is -0.452 e. The summed E-state index contributed by atoms with van der Waals surface area (Å²) in [6, 6.07) is 49.5. The molecule has 0 amide bonds. The lowest BCUT2D eigenvalue weighted by atomic mass is 9.96. The van der Waals surface area contributed by atoms with Crippen LogP contribution < -0.4 is 0 Å². The van der Waals surface area contributed by atoms with E-state index in [1.54, 1.807) is 23.9 Å². The highest BCUT2D eigenvalue weighted by atomic mass is 32.2. The Balaban J connectivity index is 1.27. The van der Waals surface area contributed by atoms with Crippen LogP contribution in [0.25, 0.3) is 0 Å². The summed E-state index contributed by atoms with van der Waals surface area (Å²) < 4.78 is 80.9. The number of hydrogen-bond acceptors (Lipinski definition) is 13. The molecule has 10 atom stereocenters. The van der Waals surface area contributed by atoms with Gasteiger partial charge in [0.25, 0.3) is 0 Å². The lowest BCUT2D eigenvalue weighted by Crippen LogP contribution is -2.71. The van der Waals surface area contributed by atoms with Gasteiger partial charge in [-0.25, -0.2) is 4.79 Å². The van der Waals surface area contributed by atoms with Gasteiger partial charge in [-0.05, 0) is 68.7 Å². The standard InChI is InChI=1S/C67H92O12SSi2/c1-10-11-12-13-14-30-41-80-67-64(76-65(68)56-39-28-19-29-40-56)62(60-58(75-67)47-73-81(48(2)3,49(4)5)79-82(78-60,50(6)7)51(8)9)77-66-63(72-45-55-37-26-18-27-38-55)61(71-44-54-35-24-17-25-36-54)59(70-43-53-33-22-16-23-34-53)57(74-66)46-69-42-52-31-20-15-21-32-52/h15-29,31-40,48-51,57-64,66-67H,10-14,30,41-47H2,1-9H3/t57-,58-,59+,60-,61+,62+,63-,64+,66-,67-/m1/s1. The van der Waals surface area contributed by atoms with Gasteiger partial charge >= 0.3 is 23.1 Å². The molecule has 12 nitrogen and oxygen atoms in total. The second kappa shape index (κ2) is 31.9. The number of fused-ring (bicyclic) bond motifs is 1. The molecule has 3 aliphatic heterocycles.